The van der Waals surface area contributed by atoms with Gasteiger partial charge in [0.1, 0.15) is 11.6 Å². The highest BCUT2D eigenvalue weighted by Crippen LogP contribution is 2.20. The van der Waals surface area contributed by atoms with Crippen LogP contribution in [0.3, 0.4) is 0 Å². The number of nitrogens with one attached hydrogen (secondary N) is 1. The van der Waals surface area contributed by atoms with Gasteiger partial charge in [0.15, 0.2) is 0 Å². The van der Waals surface area contributed by atoms with Gasteiger partial charge < -0.3 is 14.8 Å². The van der Waals surface area contributed by atoms with Crippen molar-refractivity contribution in [2.75, 3.05) is 7.11 Å². The van der Waals surface area contributed by atoms with E-state index in [0.29, 0.717) is 6.42 Å². The lowest BCUT2D eigenvalue weighted by molar-refractivity contribution is -0.143. The lowest BCUT2D eigenvalue weighted by atomic mass is 9.99. The van der Waals surface area contributed by atoms with Crippen LogP contribution >= 0.6 is 0 Å². The molecule has 1 amide bonds. The summed E-state index contributed by atoms with van der Waals surface area (Å²) in [5.74, 6) is -0.453. The van der Waals surface area contributed by atoms with Gasteiger partial charge in [-0.25, -0.2) is 9.59 Å². The van der Waals surface area contributed by atoms with Gasteiger partial charge in [0.25, 0.3) is 0 Å². The molecule has 2 aromatic carbocycles. The number of unbranched alkanes of at least 4 members (excludes halogenated alkanes) is 1. The zero-order valence-electron chi connectivity index (χ0n) is 16.6. The summed E-state index contributed by atoms with van der Waals surface area (Å²) in [6.45, 7) is 5.34. The molecule has 0 fully saturated rings. The Balaban J connectivity index is 1.89. The number of methoxy groups -OCH3 is 1. The molecule has 0 saturated carbocycles. The number of aryl methyl sites for hydroxylation is 1. The molecule has 0 saturated heterocycles. The maximum atomic E-state index is 12.0. The van der Waals surface area contributed by atoms with Crippen LogP contribution in [0.25, 0.3) is 10.8 Å². The fraction of sp³-hybridized carbons (Fsp3) is 0.455. The lowest BCUT2D eigenvalue weighted by Gasteiger charge is -2.22. The number of hydrogen-bond donors (Lipinski definition) is 1. The predicted octanol–water partition coefficient (Wildman–Crippen LogP) is 4.62. The molecule has 146 valence electrons. The van der Waals surface area contributed by atoms with Crippen LogP contribution in [0.1, 0.15) is 45.6 Å². The number of esters is 1. The third kappa shape index (κ3) is 6.59. The smallest absolute Gasteiger partial charge is 0.408 e. The largest absolute Gasteiger partial charge is 0.467 e. The highest BCUT2D eigenvalue weighted by Gasteiger charge is 2.24. The van der Waals surface area contributed by atoms with E-state index in [4.69, 9.17) is 9.47 Å². The number of ether oxygens (including phenoxy) is 2. The first-order chi connectivity index (χ1) is 12.8. The van der Waals surface area contributed by atoms with Gasteiger partial charge in [-0.1, -0.05) is 48.9 Å². The molecular formula is C22H29NO4. The van der Waals surface area contributed by atoms with Gasteiger partial charge >= 0.3 is 12.1 Å². The van der Waals surface area contributed by atoms with E-state index in [-0.39, 0.29) is 0 Å². The van der Waals surface area contributed by atoms with E-state index in [1.165, 1.54) is 23.4 Å². The van der Waals surface area contributed by atoms with Crippen LogP contribution in [0.15, 0.2) is 42.5 Å². The molecule has 5 nitrogen and oxygen atoms in total. The number of benzene rings is 2. The van der Waals surface area contributed by atoms with Crippen LogP contribution in [-0.4, -0.2) is 30.8 Å². The van der Waals surface area contributed by atoms with Gasteiger partial charge in [0.05, 0.1) is 7.11 Å². The van der Waals surface area contributed by atoms with Crippen molar-refractivity contribution in [3.8, 4) is 0 Å². The molecule has 0 aliphatic heterocycles. The normalized spacial score (nSPS) is 12.4. The maximum absolute atomic E-state index is 12.0. The van der Waals surface area contributed by atoms with E-state index >= 15 is 0 Å². The topological polar surface area (TPSA) is 64.6 Å². The van der Waals surface area contributed by atoms with Crippen LogP contribution in [0, 0.1) is 0 Å². The maximum Gasteiger partial charge on any atom is 0.408 e. The Bertz CT molecular complexity index is 774. The minimum Gasteiger partial charge on any atom is -0.467 e. The Hall–Kier alpha value is -2.56. The van der Waals surface area contributed by atoms with Crippen molar-refractivity contribution >= 4 is 22.8 Å². The van der Waals surface area contributed by atoms with Gasteiger partial charge in [-0.15, -0.1) is 0 Å². The summed E-state index contributed by atoms with van der Waals surface area (Å²) in [7, 11) is 1.32. The summed E-state index contributed by atoms with van der Waals surface area (Å²) in [4.78, 5) is 23.9. The lowest BCUT2D eigenvalue weighted by Crippen LogP contribution is -2.44. The molecule has 0 heterocycles. The standard InChI is InChI=1S/C22H29NO4/c1-22(2,3)27-21(25)23-19(20(24)26-4)15-8-6-11-17-13-9-12-16-10-5-7-14-18(16)17/h5,7,9-10,12-14,19H,6,8,11,15H2,1-4H3,(H,23,25)/t19-/m0/s1. The highest BCUT2D eigenvalue weighted by atomic mass is 16.6. The first kappa shape index (κ1) is 20.7. The Morgan fingerprint density at radius 3 is 2.44 bits per heavy atom. The fourth-order valence-electron chi connectivity index (χ4n) is 3.02. The second kappa shape index (κ2) is 9.40. The molecular weight excluding hydrogens is 342 g/mol. The summed E-state index contributed by atoms with van der Waals surface area (Å²) in [6, 6.07) is 13.9. The molecule has 0 aliphatic rings. The number of alkyl carbamates (subject to hydrolysis) is 1. The quantitative estimate of drug-likeness (QED) is 0.570. The first-order valence-corrected chi connectivity index (χ1v) is 9.34. The van der Waals surface area contributed by atoms with Crippen molar-refractivity contribution < 1.29 is 19.1 Å². The van der Waals surface area contributed by atoms with Crippen molar-refractivity contribution in [1.29, 1.82) is 0 Å². The van der Waals surface area contributed by atoms with Crippen LogP contribution in [0.2, 0.25) is 0 Å². The van der Waals surface area contributed by atoms with E-state index in [9.17, 15) is 9.59 Å². The third-order valence-electron chi connectivity index (χ3n) is 4.25. The molecule has 1 N–H and O–H groups in total. The number of fused-ring (bicyclic) bond motifs is 1. The minimum absolute atomic E-state index is 0.453. The van der Waals surface area contributed by atoms with Crippen molar-refractivity contribution in [2.24, 2.45) is 0 Å². The molecule has 0 spiro atoms. The minimum atomic E-state index is -0.697. The summed E-state index contributed by atoms with van der Waals surface area (Å²) in [5, 5.41) is 5.11. The SMILES string of the molecule is COC(=O)[C@H](CCCCc1cccc2ccccc12)NC(=O)OC(C)(C)C. The molecule has 5 heteroatoms. The summed E-state index contributed by atoms with van der Waals surface area (Å²) >= 11 is 0. The average molecular weight is 371 g/mol. The van der Waals surface area contributed by atoms with E-state index in [1.807, 2.05) is 12.1 Å². The Morgan fingerprint density at radius 2 is 1.74 bits per heavy atom. The van der Waals surface area contributed by atoms with Gasteiger partial charge in [0.2, 0.25) is 0 Å². The van der Waals surface area contributed by atoms with Gasteiger partial charge in [-0.2, -0.15) is 0 Å². The zero-order valence-corrected chi connectivity index (χ0v) is 16.6. The molecule has 0 aliphatic carbocycles. The monoisotopic (exact) mass is 371 g/mol. The van der Waals surface area contributed by atoms with Crippen molar-refractivity contribution in [3.05, 3.63) is 48.0 Å². The average Bonchev–Trinajstić information content (AvgIpc) is 2.62. The summed E-state index contributed by atoms with van der Waals surface area (Å²) in [5.41, 5.74) is 0.682. The highest BCUT2D eigenvalue weighted by molar-refractivity contribution is 5.85. The Morgan fingerprint density at radius 1 is 1.04 bits per heavy atom. The molecule has 27 heavy (non-hydrogen) atoms. The number of hydrogen-bond acceptors (Lipinski definition) is 4. The van der Waals surface area contributed by atoms with Crippen molar-refractivity contribution in [2.45, 2.75) is 58.1 Å². The van der Waals surface area contributed by atoms with Crippen molar-refractivity contribution in [3.63, 3.8) is 0 Å². The molecule has 0 radical (unpaired) electrons. The van der Waals surface area contributed by atoms with Crippen molar-refractivity contribution in [1.82, 2.24) is 5.32 Å². The van der Waals surface area contributed by atoms with E-state index in [2.05, 4.69) is 35.6 Å². The van der Waals surface area contributed by atoms with E-state index in [1.54, 1.807) is 20.8 Å². The summed E-state index contributed by atoms with van der Waals surface area (Å²) < 4.78 is 10.0. The van der Waals surface area contributed by atoms with Gasteiger partial charge in [-0.05, 0) is 56.4 Å². The number of carbonyl (C=O) groups excluding carboxylic acids is 2. The van der Waals surface area contributed by atoms with Crippen LogP contribution < -0.4 is 5.32 Å². The molecule has 2 aromatic rings. The molecule has 1 atom stereocenters. The van der Waals surface area contributed by atoms with Gasteiger partial charge in [0, 0.05) is 0 Å². The second-order valence-corrected chi connectivity index (χ2v) is 7.61. The van der Waals surface area contributed by atoms with Crippen LogP contribution in [0.5, 0.6) is 0 Å². The third-order valence-corrected chi connectivity index (χ3v) is 4.25. The van der Waals surface area contributed by atoms with Gasteiger partial charge in [-0.3, -0.25) is 0 Å². The predicted molar refractivity (Wildman–Crippen MR) is 107 cm³/mol. The van der Waals surface area contributed by atoms with Crippen LogP contribution in [-0.2, 0) is 20.7 Å². The Kier molecular flexibility index (Phi) is 7.22. The number of amides is 1. The fourth-order valence-corrected chi connectivity index (χ4v) is 3.02. The molecule has 0 aromatic heterocycles. The Labute approximate surface area is 161 Å². The molecule has 0 bridgehead atoms. The molecule has 2 rings (SSSR count). The first-order valence-electron chi connectivity index (χ1n) is 9.34. The molecule has 0 unspecified atom stereocenters. The van der Waals surface area contributed by atoms with E-state index < -0.39 is 23.7 Å². The second-order valence-electron chi connectivity index (χ2n) is 7.61. The van der Waals surface area contributed by atoms with E-state index in [0.717, 1.165) is 19.3 Å². The summed E-state index contributed by atoms with van der Waals surface area (Å²) in [6.07, 6.45) is 2.53. The number of carbonyl (C=O) groups is 2. The van der Waals surface area contributed by atoms with Crippen LogP contribution in [0.4, 0.5) is 4.79 Å². The number of rotatable bonds is 7. The zero-order chi connectivity index (χ0) is 19.9.